The van der Waals surface area contributed by atoms with E-state index in [2.05, 4.69) is 48.3 Å². The van der Waals surface area contributed by atoms with Crippen LogP contribution in [-0.2, 0) is 6.54 Å². The first kappa shape index (κ1) is 14.9. The molecule has 0 bridgehead atoms. The molecule has 2 nitrogen and oxygen atoms in total. The van der Waals surface area contributed by atoms with Crippen LogP contribution >= 0.6 is 0 Å². The van der Waals surface area contributed by atoms with Gasteiger partial charge >= 0.3 is 0 Å². The van der Waals surface area contributed by atoms with E-state index in [1.165, 1.54) is 56.4 Å². The Kier molecular flexibility index (Phi) is 4.84. The molecule has 1 aromatic rings. The molecule has 0 amide bonds. The van der Waals surface area contributed by atoms with Crippen molar-refractivity contribution in [3.63, 3.8) is 0 Å². The van der Waals surface area contributed by atoms with Crippen LogP contribution in [0.5, 0.6) is 0 Å². The molecule has 3 rings (SSSR count). The van der Waals surface area contributed by atoms with Gasteiger partial charge in [-0.25, -0.2) is 0 Å². The van der Waals surface area contributed by atoms with Crippen molar-refractivity contribution >= 4 is 5.69 Å². The molecule has 21 heavy (non-hydrogen) atoms. The summed E-state index contributed by atoms with van der Waals surface area (Å²) in [6.45, 7) is 8.46. The van der Waals surface area contributed by atoms with Crippen LogP contribution in [0.2, 0.25) is 0 Å². The monoisotopic (exact) mass is 286 g/mol. The Balaban J connectivity index is 1.60. The lowest BCUT2D eigenvalue weighted by Crippen LogP contribution is -2.33. The van der Waals surface area contributed by atoms with Crippen molar-refractivity contribution < 1.29 is 0 Å². The van der Waals surface area contributed by atoms with E-state index in [-0.39, 0.29) is 0 Å². The predicted molar refractivity (Wildman–Crippen MR) is 90.5 cm³/mol. The third-order valence-corrected chi connectivity index (χ3v) is 5.32. The van der Waals surface area contributed by atoms with E-state index in [0.29, 0.717) is 6.04 Å². The lowest BCUT2D eigenvalue weighted by Gasteiger charge is -2.34. The van der Waals surface area contributed by atoms with Gasteiger partial charge < -0.3 is 5.32 Å². The second-order valence-corrected chi connectivity index (χ2v) is 7.33. The minimum Gasteiger partial charge on any atom is -0.382 e. The van der Waals surface area contributed by atoms with Gasteiger partial charge in [0.15, 0.2) is 0 Å². The van der Waals surface area contributed by atoms with Crippen LogP contribution in [0.4, 0.5) is 5.69 Å². The largest absolute Gasteiger partial charge is 0.382 e. The van der Waals surface area contributed by atoms with Crippen molar-refractivity contribution in [1.29, 1.82) is 0 Å². The maximum Gasteiger partial charge on any atom is 0.0345 e. The number of hydrogen-bond acceptors (Lipinski definition) is 2. The Labute approximate surface area is 129 Å². The van der Waals surface area contributed by atoms with Gasteiger partial charge in [-0.2, -0.15) is 0 Å². The molecule has 0 spiro atoms. The SMILES string of the molecule is CC1CCC(Nc2cccc(CN3CCCC3)c2)C(C)C1. The smallest absolute Gasteiger partial charge is 0.0345 e. The van der Waals surface area contributed by atoms with Crippen molar-refractivity contribution in [2.45, 2.75) is 58.5 Å². The average molecular weight is 286 g/mol. The fraction of sp³-hybridized carbons (Fsp3) is 0.684. The number of hydrogen-bond donors (Lipinski definition) is 1. The minimum absolute atomic E-state index is 0.656. The third kappa shape index (κ3) is 4.00. The van der Waals surface area contributed by atoms with Gasteiger partial charge in [-0.15, -0.1) is 0 Å². The molecule has 0 aromatic heterocycles. The van der Waals surface area contributed by atoms with Gasteiger partial charge in [-0.1, -0.05) is 26.0 Å². The molecule has 1 N–H and O–H groups in total. The summed E-state index contributed by atoms with van der Waals surface area (Å²) in [6.07, 6.45) is 6.80. The van der Waals surface area contributed by atoms with Crippen LogP contribution in [0.1, 0.15) is 51.5 Å². The quantitative estimate of drug-likeness (QED) is 0.875. The molecule has 2 heteroatoms. The summed E-state index contributed by atoms with van der Waals surface area (Å²) < 4.78 is 0. The number of rotatable bonds is 4. The van der Waals surface area contributed by atoms with Gasteiger partial charge in [0, 0.05) is 18.3 Å². The lowest BCUT2D eigenvalue weighted by molar-refractivity contribution is 0.276. The second-order valence-electron chi connectivity index (χ2n) is 7.33. The Morgan fingerprint density at radius 3 is 2.71 bits per heavy atom. The molecule has 2 aliphatic rings. The predicted octanol–water partition coefficient (Wildman–Crippen LogP) is 4.52. The van der Waals surface area contributed by atoms with Crippen LogP contribution in [0.3, 0.4) is 0 Å². The van der Waals surface area contributed by atoms with E-state index in [4.69, 9.17) is 0 Å². The molecule has 3 unspecified atom stereocenters. The summed E-state index contributed by atoms with van der Waals surface area (Å²) in [6, 6.07) is 9.74. The van der Waals surface area contributed by atoms with Crippen molar-refractivity contribution in [2.75, 3.05) is 18.4 Å². The highest BCUT2D eigenvalue weighted by atomic mass is 15.1. The van der Waals surface area contributed by atoms with Gasteiger partial charge in [0.25, 0.3) is 0 Å². The zero-order chi connectivity index (χ0) is 14.7. The first-order chi connectivity index (χ1) is 10.2. The standard InChI is InChI=1S/C19H30N2/c1-15-8-9-19(16(2)12-15)20-18-7-5-6-17(13-18)14-21-10-3-4-11-21/h5-7,13,15-16,19-20H,3-4,8-12,14H2,1-2H3. The number of benzene rings is 1. The highest BCUT2D eigenvalue weighted by Crippen LogP contribution is 2.31. The molecule has 116 valence electrons. The van der Waals surface area contributed by atoms with Crippen LogP contribution in [0.15, 0.2) is 24.3 Å². The fourth-order valence-electron chi connectivity index (χ4n) is 4.05. The molecular weight excluding hydrogens is 256 g/mol. The molecule has 2 fully saturated rings. The Hall–Kier alpha value is -1.02. The Bertz CT molecular complexity index is 451. The number of likely N-dealkylation sites (tertiary alicyclic amines) is 1. The molecular formula is C19H30N2. The van der Waals surface area contributed by atoms with Crippen LogP contribution in [-0.4, -0.2) is 24.0 Å². The topological polar surface area (TPSA) is 15.3 Å². The van der Waals surface area contributed by atoms with Crippen molar-refractivity contribution in [3.05, 3.63) is 29.8 Å². The van der Waals surface area contributed by atoms with Gasteiger partial charge in [0.2, 0.25) is 0 Å². The second kappa shape index (κ2) is 6.83. The zero-order valence-corrected chi connectivity index (χ0v) is 13.6. The van der Waals surface area contributed by atoms with Gasteiger partial charge in [-0.05, 0) is 74.7 Å². The number of nitrogens with zero attached hydrogens (tertiary/aromatic N) is 1. The molecule has 1 aliphatic carbocycles. The molecule has 1 aromatic carbocycles. The number of nitrogens with one attached hydrogen (secondary N) is 1. The summed E-state index contributed by atoms with van der Waals surface area (Å²) in [5.74, 6) is 1.69. The normalized spacial score (nSPS) is 30.5. The highest BCUT2D eigenvalue weighted by Gasteiger charge is 2.25. The summed E-state index contributed by atoms with van der Waals surface area (Å²) in [5, 5.41) is 3.80. The minimum atomic E-state index is 0.656. The summed E-state index contributed by atoms with van der Waals surface area (Å²) in [4.78, 5) is 2.57. The van der Waals surface area contributed by atoms with E-state index in [0.717, 1.165) is 18.4 Å². The van der Waals surface area contributed by atoms with Crippen molar-refractivity contribution in [2.24, 2.45) is 11.8 Å². The Morgan fingerprint density at radius 2 is 1.95 bits per heavy atom. The molecule has 3 atom stereocenters. The van der Waals surface area contributed by atoms with E-state index in [9.17, 15) is 0 Å². The van der Waals surface area contributed by atoms with Crippen molar-refractivity contribution in [3.8, 4) is 0 Å². The lowest BCUT2D eigenvalue weighted by atomic mass is 9.80. The molecule has 1 heterocycles. The van der Waals surface area contributed by atoms with Gasteiger partial charge in [0.05, 0.1) is 0 Å². The summed E-state index contributed by atoms with van der Waals surface area (Å²) in [5.41, 5.74) is 2.77. The van der Waals surface area contributed by atoms with E-state index in [1.54, 1.807) is 0 Å². The Morgan fingerprint density at radius 1 is 1.14 bits per heavy atom. The average Bonchev–Trinajstić information content (AvgIpc) is 2.95. The first-order valence-electron chi connectivity index (χ1n) is 8.78. The zero-order valence-electron chi connectivity index (χ0n) is 13.6. The van der Waals surface area contributed by atoms with Gasteiger partial charge in [0.1, 0.15) is 0 Å². The van der Waals surface area contributed by atoms with Crippen LogP contribution in [0, 0.1) is 11.8 Å². The third-order valence-electron chi connectivity index (χ3n) is 5.32. The van der Waals surface area contributed by atoms with E-state index in [1.807, 2.05) is 0 Å². The summed E-state index contributed by atoms with van der Waals surface area (Å²) >= 11 is 0. The van der Waals surface area contributed by atoms with E-state index < -0.39 is 0 Å². The first-order valence-corrected chi connectivity index (χ1v) is 8.78. The van der Waals surface area contributed by atoms with E-state index >= 15 is 0 Å². The van der Waals surface area contributed by atoms with Crippen LogP contribution < -0.4 is 5.32 Å². The van der Waals surface area contributed by atoms with Crippen LogP contribution in [0.25, 0.3) is 0 Å². The molecule has 1 aliphatic heterocycles. The highest BCUT2D eigenvalue weighted by molar-refractivity contribution is 5.46. The summed E-state index contributed by atoms with van der Waals surface area (Å²) in [7, 11) is 0. The molecule has 1 saturated carbocycles. The van der Waals surface area contributed by atoms with Crippen molar-refractivity contribution in [1.82, 2.24) is 4.90 Å². The maximum absolute atomic E-state index is 3.80. The van der Waals surface area contributed by atoms with Gasteiger partial charge in [-0.3, -0.25) is 4.90 Å². The molecule has 0 radical (unpaired) electrons. The number of anilines is 1. The molecule has 1 saturated heterocycles. The fourth-order valence-corrected chi connectivity index (χ4v) is 4.05. The maximum atomic E-state index is 3.80.